The molecule has 4 rings (SSSR count). The first kappa shape index (κ1) is 16.2. The van der Waals surface area contributed by atoms with Gasteiger partial charge >= 0.3 is 0 Å². The number of ether oxygens (including phenoxy) is 2. The molecule has 7 nitrogen and oxygen atoms in total. The highest BCUT2D eigenvalue weighted by Gasteiger charge is 2.36. The van der Waals surface area contributed by atoms with Gasteiger partial charge in [0, 0.05) is 46.2 Å². The van der Waals surface area contributed by atoms with Crippen molar-refractivity contribution in [2.45, 2.75) is 25.4 Å². The highest BCUT2D eigenvalue weighted by atomic mass is 16.7. The molecule has 0 aromatic heterocycles. The first-order valence-electron chi connectivity index (χ1n) is 8.77. The maximum absolute atomic E-state index is 12.6. The molecule has 2 saturated heterocycles. The molecule has 25 heavy (non-hydrogen) atoms. The average molecular weight is 345 g/mol. The zero-order chi connectivity index (χ0) is 17.4. The Morgan fingerprint density at radius 3 is 2.64 bits per heavy atom. The molecule has 2 fully saturated rings. The van der Waals surface area contributed by atoms with Gasteiger partial charge in [-0.1, -0.05) is 6.07 Å². The highest BCUT2D eigenvalue weighted by Crippen LogP contribution is 2.32. The summed E-state index contributed by atoms with van der Waals surface area (Å²) in [5.41, 5.74) is 1.19. The fourth-order valence-corrected chi connectivity index (χ4v) is 3.73. The van der Waals surface area contributed by atoms with Crippen LogP contribution in [0, 0.1) is 0 Å². The van der Waals surface area contributed by atoms with Gasteiger partial charge in [0.2, 0.25) is 18.6 Å². The zero-order valence-electron chi connectivity index (χ0n) is 14.4. The van der Waals surface area contributed by atoms with Gasteiger partial charge in [0.15, 0.2) is 11.5 Å². The van der Waals surface area contributed by atoms with Gasteiger partial charge in [0.05, 0.1) is 0 Å². The molecule has 0 bridgehead atoms. The van der Waals surface area contributed by atoms with Crippen molar-refractivity contribution in [1.82, 2.24) is 14.7 Å². The molecule has 3 aliphatic heterocycles. The van der Waals surface area contributed by atoms with Gasteiger partial charge in [0.1, 0.15) is 6.04 Å². The summed E-state index contributed by atoms with van der Waals surface area (Å²) in [6.45, 7) is 4.22. The standard InChI is InChI=1S/C18H23N3O4/c1-19-14(3-5-17(19)22)18(23)21-8-6-20(7-9-21)11-13-2-4-15-16(10-13)25-12-24-15/h2,4,10,14H,3,5-9,11-12H2,1H3. The third kappa shape index (κ3) is 3.16. The van der Waals surface area contributed by atoms with E-state index in [1.807, 2.05) is 17.0 Å². The summed E-state index contributed by atoms with van der Waals surface area (Å²) >= 11 is 0. The van der Waals surface area contributed by atoms with Gasteiger partial charge < -0.3 is 19.3 Å². The van der Waals surface area contributed by atoms with Gasteiger partial charge in [-0.3, -0.25) is 14.5 Å². The van der Waals surface area contributed by atoms with E-state index in [0.29, 0.717) is 25.9 Å². The Bertz CT molecular complexity index is 685. The average Bonchev–Trinajstić information content (AvgIpc) is 3.22. The number of likely N-dealkylation sites (N-methyl/N-ethyl adjacent to an activating group) is 1. The number of rotatable bonds is 3. The van der Waals surface area contributed by atoms with Crippen molar-refractivity contribution in [2.24, 2.45) is 0 Å². The fourth-order valence-electron chi connectivity index (χ4n) is 3.73. The molecule has 0 N–H and O–H groups in total. The number of piperazine rings is 1. The van der Waals surface area contributed by atoms with Crippen molar-refractivity contribution >= 4 is 11.8 Å². The molecule has 1 aromatic carbocycles. The number of benzene rings is 1. The van der Waals surface area contributed by atoms with Crippen molar-refractivity contribution in [2.75, 3.05) is 40.0 Å². The lowest BCUT2D eigenvalue weighted by Gasteiger charge is -2.36. The lowest BCUT2D eigenvalue weighted by atomic mass is 10.1. The summed E-state index contributed by atoms with van der Waals surface area (Å²) in [6.07, 6.45) is 1.13. The Labute approximate surface area is 147 Å². The zero-order valence-corrected chi connectivity index (χ0v) is 14.4. The molecular weight excluding hydrogens is 322 g/mol. The maximum Gasteiger partial charge on any atom is 0.245 e. The first-order chi connectivity index (χ1) is 12.1. The minimum Gasteiger partial charge on any atom is -0.454 e. The predicted octanol–water partition coefficient (Wildman–Crippen LogP) is 0.680. The molecule has 1 unspecified atom stereocenters. The molecule has 0 aliphatic carbocycles. The van der Waals surface area contributed by atoms with Crippen molar-refractivity contribution in [1.29, 1.82) is 0 Å². The number of hydrogen-bond donors (Lipinski definition) is 0. The van der Waals surface area contributed by atoms with Crippen LogP contribution in [0.3, 0.4) is 0 Å². The fraction of sp³-hybridized carbons (Fsp3) is 0.556. The smallest absolute Gasteiger partial charge is 0.245 e. The van der Waals surface area contributed by atoms with E-state index in [9.17, 15) is 9.59 Å². The van der Waals surface area contributed by atoms with Crippen LogP contribution >= 0.6 is 0 Å². The summed E-state index contributed by atoms with van der Waals surface area (Å²) in [7, 11) is 1.73. The first-order valence-corrected chi connectivity index (χ1v) is 8.77. The topological polar surface area (TPSA) is 62.3 Å². The molecule has 3 heterocycles. The third-order valence-corrected chi connectivity index (χ3v) is 5.30. The Morgan fingerprint density at radius 2 is 1.92 bits per heavy atom. The largest absolute Gasteiger partial charge is 0.454 e. The van der Waals surface area contributed by atoms with E-state index in [4.69, 9.17) is 9.47 Å². The second kappa shape index (κ2) is 6.55. The van der Waals surface area contributed by atoms with Gasteiger partial charge in [-0.05, 0) is 24.1 Å². The quantitative estimate of drug-likeness (QED) is 0.806. The van der Waals surface area contributed by atoms with E-state index in [1.54, 1.807) is 11.9 Å². The number of likely N-dealkylation sites (tertiary alicyclic amines) is 1. The normalized spacial score (nSPS) is 23.4. The van der Waals surface area contributed by atoms with Crippen LogP contribution in [-0.2, 0) is 16.1 Å². The SMILES string of the molecule is CN1C(=O)CCC1C(=O)N1CCN(Cc2ccc3c(c2)OCO3)CC1. The van der Waals surface area contributed by atoms with E-state index < -0.39 is 0 Å². The summed E-state index contributed by atoms with van der Waals surface area (Å²) in [4.78, 5) is 30.1. The van der Waals surface area contributed by atoms with E-state index in [-0.39, 0.29) is 24.6 Å². The molecular formula is C18H23N3O4. The summed E-state index contributed by atoms with van der Waals surface area (Å²) in [6, 6.07) is 5.76. The highest BCUT2D eigenvalue weighted by molar-refractivity contribution is 5.90. The Morgan fingerprint density at radius 1 is 1.16 bits per heavy atom. The number of hydrogen-bond acceptors (Lipinski definition) is 5. The van der Waals surface area contributed by atoms with E-state index in [0.717, 1.165) is 31.1 Å². The minimum atomic E-state index is -0.270. The van der Waals surface area contributed by atoms with Gasteiger partial charge in [-0.2, -0.15) is 0 Å². The van der Waals surface area contributed by atoms with Crippen LogP contribution in [0.15, 0.2) is 18.2 Å². The van der Waals surface area contributed by atoms with Crippen molar-refractivity contribution in [3.8, 4) is 11.5 Å². The van der Waals surface area contributed by atoms with Crippen LogP contribution in [0.1, 0.15) is 18.4 Å². The Kier molecular flexibility index (Phi) is 4.25. The molecule has 0 radical (unpaired) electrons. The molecule has 0 spiro atoms. The number of fused-ring (bicyclic) bond motifs is 1. The number of nitrogens with zero attached hydrogens (tertiary/aromatic N) is 3. The molecule has 3 aliphatic rings. The molecule has 1 aromatic rings. The lowest BCUT2D eigenvalue weighted by molar-refractivity contribution is -0.141. The third-order valence-electron chi connectivity index (χ3n) is 5.30. The second-order valence-corrected chi connectivity index (χ2v) is 6.85. The minimum absolute atomic E-state index is 0.0693. The van der Waals surface area contributed by atoms with Crippen LogP contribution in [-0.4, -0.2) is 72.6 Å². The summed E-state index contributed by atoms with van der Waals surface area (Å²) in [5.74, 6) is 1.77. The van der Waals surface area contributed by atoms with E-state index >= 15 is 0 Å². The van der Waals surface area contributed by atoms with Crippen molar-refractivity contribution in [3.05, 3.63) is 23.8 Å². The van der Waals surface area contributed by atoms with Gasteiger partial charge in [-0.15, -0.1) is 0 Å². The summed E-state index contributed by atoms with van der Waals surface area (Å²) < 4.78 is 10.8. The Hall–Kier alpha value is -2.28. The predicted molar refractivity (Wildman–Crippen MR) is 90.2 cm³/mol. The number of carbonyl (C=O) groups excluding carboxylic acids is 2. The lowest BCUT2D eigenvalue weighted by Crippen LogP contribution is -2.53. The van der Waals surface area contributed by atoms with Crippen molar-refractivity contribution in [3.63, 3.8) is 0 Å². The van der Waals surface area contributed by atoms with Crippen LogP contribution in [0.5, 0.6) is 11.5 Å². The van der Waals surface area contributed by atoms with E-state index in [1.165, 1.54) is 5.56 Å². The van der Waals surface area contributed by atoms with Crippen LogP contribution in [0.25, 0.3) is 0 Å². The summed E-state index contributed by atoms with van der Waals surface area (Å²) in [5, 5.41) is 0. The molecule has 2 amide bonds. The number of carbonyl (C=O) groups is 2. The molecule has 134 valence electrons. The van der Waals surface area contributed by atoms with Crippen molar-refractivity contribution < 1.29 is 19.1 Å². The van der Waals surface area contributed by atoms with Crippen LogP contribution < -0.4 is 9.47 Å². The maximum atomic E-state index is 12.6. The van der Waals surface area contributed by atoms with Crippen LogP contribution in [0.4, 0.5) is 0 Å². The second-order valence-electron chi connectivity index (χ2n) is 6.85. The van der Waals surface area contributed by atoms with Gasteiger partial charge in [-0.25, -0.2) is 0 Å². The van der Waals surface area contributed by atoms with Crippen LogP contribution in [0.2, 0.25) is 0 Å². The number of amides is 2. The van der Waals surface area contributed by atoms with E-state index in [2.05, 4.69) is 11.0 Å². The molecule has 7 heteroatoms. The molecule has 0 saturated carbocycles. The molecule has 1 atom stereocenters. The Balaban J connectivity index is 1.31. The monoisotopic (exact) mass is 345 g/mol. The van der Waals surface area contributed by atoms with Gasteiger partial charge in [0.25, 0.3) is 0 Å².